The van der Waals surface area contributed by atoms with Crippen molar-refractivity contribution in [3.05, 3.63) is 58.7 Å². The molecular weight excluding hydrogens is 248 g/mol. The van der Waals surface area contributed by atoms with Crippen LogP contribution in [-0.2, 0) is 12.8 Å². The van der Waals surface area contributed by atoms with Crippen LogP contribution in [-0.4, -0.2) is 5.84 Å². The van der Waals surface area contributed by atoms with Crippen molar-refractivity contribution in [1.29, 1.82) is 5.41 Å². The number of para-hydroxylation sites is 1. The number of rotatable bonds is 3. The quantitative estimate of drug-likeness (QED) is 0.659. The van der Waals surface area contributed by atoms with E-state index in [1.54, 1.807) is 0 Å². The van der Waals surface area contributed by atoms with Crippen molar-refractivity contribution in [3.63, 3.8) is 0 Å². The number of benzene rings is 2. The van der Waals surface area contributed by atoms with Crippen molar-refractivity contribution in [1.82, 2.24) is 0 Å². The maximum absolute atomic E-state index is 7.66. The van der Waals surface area contributed by atoms with Gasteiger partial charge in [-0.3, -0.25) is 5.41 Å². The first kappa shape index (κ1) is 12.7. The van der Waals surface area contributed by atoms with Crippen LogP contribution < -0.4 is 10.5 Å². The van der Waals surface area contributed by atoms with Gasteiger partial charge in [0.1, 0.15) is 17.3 Å². The Hall–Kier alpha value is -2.29. The summed E-state index contributed by atoms with van der Waals surface area (Å²) in [5.41, 5.74) is 10.1. The van der Waals surface area contributed by atoms with E-state index < -0.39 is 0 Å². The number of nitrogens with one attached hydrogen (secondary N) is 1. The Morgan fingerprint density at radius 3 is 2.75 bits per heavy atom. The molecule has 0 atom stereocenters. The van der Waals surface area contributed by atoms with Crippen LogP contribution in [0.15, 0.2) is 36.4 Å². The largest absolute Gasteiger partial charge is 0.456 e. The van der Waals surface area contributed by atoms with Crippen LogP contribution in [0.3, 0.4) is 0 Å². The predicted molar refractivity (Wildman–Crippen MR) is 80.7 cm³/mol. The highest BCUT2D eigenvalue weighted by atomic mass is 16.5. The van der Waals surface area contributed by atoms with Gasteiger partial charge in [-0.15, -0.1) is 0 Å². The molecule has 3 N–H and O–H groups in total. The third-order valence-electron chi connectivity index (χ3n) is 3.79. The van der Waals surface area contributed by atoms with Gasteiger partial charge in [-0.1, -0.05) is 18.2 Å². The fourth-order valence-corrected chi connectivity index (χ4v) is 2.73. The predicted octanol–water partition coefficient (Wildman–Crippen LogP) is 3.56. The lowest BCUT2D eigenvalue weighted by Gasteiger charge is -2.13. The summed E-state index contributed by atoms with van der Waals surface area (Å²) in [5.74, 6) is 1.53. The van der Waals surface area contributed by atoms with E-state index >= 15 is 0 Å². The first-order valence-corrected chi connectivity index (χ1v) is 6.89. The molecule has 20 heavy (non-hydrogen) atoms. The molecule has 2 aromatic rings. The van der Waals surface area contributed by atoms with Gasteiger partial charge in [0.15, 0.2) is 0 Å². The number of hydrogen-bond donors (Lipinski definition) is 2. The van der Waals surface area contributed by atoms with Crippen LogP contribution in [0.4, 0.5) is 0 Å². The van der Waals surface area contributed by atoms with Gasteiger partial charge in [0.25, 0.3) is 0 Å². The summed E-state index contributed by atoms with van der Waals surface area (Å²) < 4.78 is 6.01. The molecule has 0 aliphatic heterocycles. The second-order valence-electron chi connectivity index (χ2n) is 5.25. The average molecular weight is 266 g/mol. The van der Waals surface area contributed by atoms with E-state index in [0.29, 0.717) is 11.3 Å². The molecule has 1 aliphatic rings. The molecule has 0 radical (unpaired) electrons. The summed E-state index contributed by atoms with van der Waals surface area (Å²) in [6.45, 7) is 1.97. The molecule has 0 heterocycles. The molecule has 3 heteroatoms. The molecular formula is C17H18N2O. The Kier molecular flexibility index (Phi) is 3.18. The maximum Gasteiger partial charge on any atom is 0.141 e. The monoisotopic (exact) mass is 266 g/mol. The van der Waals surface area contributed by atoms with E-state index in [1.165, 1.54) is 24.0 Å². The lowest BCUT2D eigenvalue weighted by molar-refractivity contribution is 0.477. The van der Waals surface area contributed by atoms with Crippen LogP contribution in [0.25, 0.3) is 0 Å². The lowest BCUT2D eigenvalue weighted by Crippen LogP contribution is -2.12. The van der Waals surface area contributed by atoms with Crippen LogP contribution in [0.1, 0.15) is 28.7 Å². The van der Waals surface area contributed by atoms with Gasteiger partial charge >= 0.3 is 0 Å². The zero-order valence-corrected chi connectivity index (χ0v) is 11.6. The van der Waals surface area contributed by atoms with Crippen molar-refractivity contribution in [2.24, 2.45) is 5.73 Å². The molecule has 3 nitrogen and oxygen atoms in total. The highest BCUT2D eigenvalue weighted by Crippen LogP contribution is 2.32. The highest BCUT2D eigenvalue weighted by molar-refractivity contribution is 5.98. The second kappa shape index (κ2) is 5.00. The zero-order chi connectivity index (χ0) is 14.1. The van der Waals surface area contributed by atoms with E-state index in [4.69, 9.17) is 15.9 Å². The van der Waals surface area contributed by atoms with Gasteiger partial charge in [0.2, 0.25) is 0 Å². The van der Waals surface area contributed by atoms with Gasteiger partial charge in [0.05, 0.1) is 5.56 Å². The minimum Gasteiger partial charge on any atom is -0.456 e. The van der Waals surface area contributed by atoms with Crippen molar-refractivity contribution in [3.8, 4) is 11.5 Å². The number of nitrogens with two attached hydrogens (primary N) is 1. The molecule has 0 saturated heterocycles. The number of fused-ring (bicyclic) bond motifs is 1. The Labute approximate surface area is 118 Å². The normalized spacial score (nSPS) is 13.1. The minimum absolute atomic E-state index is 0.0323. The van der Waals surface area contributed by atoms with Crippen molar-refractivity contribution >= 4 is 5.84 Å². The highest BCUT2D eigenvalue weighted by Gasteiger charge is 2.14. The Bertz CT molecular complexity index is 677. The van der Waals surface area contributed by atoms with Crippen molar-refractivity contribution < 1.29 is 4.74 Å². The first-order chi connectivity index (χ1) is 9.65. The molecule has 0 aromatic heterocycles. The molecule has 102 valence electrons. The first-order valence-electron chi connectivity index (χ1n) is 6.89. The topological polar surface area (TPSA) is 59.1 Å². The summed E-state index contributed by atoms with van der Waals surface area (Å²) >= 11 is 0. The van der Waals surface area contributed by atoms with E-state index in [2.05, 4.69) is 12.1 Å². The molecule has 0 bridgehead atoms. The summed E-state index contributed by atoms with van der Waals surface area (Å²) in [6.07, 6.45) is 3.51. The van der Waals surface area contributed by atoms with E-state index in [9.17, 15) is 0 Å². The number of hydrogen-bond acceptors (Lipinski definition) is 2. The SMILES string of the molecule is Cc1cccc(C(=N)N)c1Oc1ccc2c(c1)CCC2. The second-order valence-corrected chi connectivity index (χ2v) is 5.25. The third-order valence-corrected chi connectivity index (χ3v) is 3.79. The standard InChI is InChI=1S/C17H18N2O/c1-11-4-2-7-15(17(18)19)16(11)20-14-9-8-12-5-3-6-13(12)10-14/h2,4,7-10H,3,5-6H2,1H3,(H3,18,19). The van der Waals surface area contributed by atoms with E-state index in [-0.39, 0.29) is 5.84 Å². The zero-order valence-electron chi connectivity index (χ0n) is 11.6. The van der Waals surface area contributed by atoms with Gasteiger partial charge in [-0.05, 0) is 61.1 Å². The van der Waals surface area contributed by atoms with Gasteiger partial charge < -0.3 is 10.5 Å². The maximum atomic E-state index is 7.66. The number of nitrogen functional groups attached to an aromatic ring is 1. The summed E-state index contributed by atoms with van der Waals surface area (Å²) in [4.78, 5) is 0. The van der Waals surface area contributed by atoms with Gasteiger partial charge in [-0.25, -0.2) is 0 Å². The smallest absolute Gasteiger partial charge is 0.141 e. The van der Waals surface area contributed by atoms with Crippen LogP contribution in [0, 0.1) is 12.3 Å². The Balaban J connectivity index is 1.97. The molecule has 0 amide bonds. The lowest BCUT2D eigenvalue weighted by atomic mass is 10.1. The third kappa shape index (κ3) is 2.27. The minimum atomic E-state index is 0.0323. The number of aryl methyl sites for hydroxylation is 3. The Morgan fingerprint density at radius 2 is 1.95 bits per heavy atom. The molecule has 1 aliphatic carbocycles. The van der Waals surface area contributed by atoms with E-state index in [0.717, 1.165) is 17.7 Å². The van der Waals surface area contributed by atoms with Crippen LogP contribution in [0.2, 0.25) is 0 Å². The molecule has 2 aromatic carbocycles. The average Bonchev–Trinajstić information content (AvgIpc) is 2.88. The van der Waals surface area contributed by atoms with Gasteiger partial charge in [-0.2, -0.15) is 0 Å². The van der Waals surface area contributed by atoms with Crippen LogP contribution >= 0.6 is 0 Å². The summed E-state index contributed by atoms with van der Waals surface area (Å²) in [6, 6.07) is 11.9. The fourth-order valence-electron chi connectivity index (χ4n) is 2.73. The molecule has 0 spiro atoms. The van der Waals surface area contributed by atoms with Crippen LogP contribution in [0.5, 0.6) is 11.5 Å². The molecule has 0 unspecified atom stereocenters. The van der Waals surface area contributed by atoms with Crippen molar-refractivity contribution in [2.75, 3.05) is 0 Å². The number of ether oxygens (including phenoxy) is 1. The fraction of sp³-hybridized carbons (Fsp3) is 0.235. The Morgan fingerprint density at radius 1 is 1.15 bits per heavy atom. The molecule has 3 rings (SSSR count). The van der Waals surface area contributed by atoms with Gasteiger partial charge in [0, 0.05) is 0 Å². The van der Waals surface area contributed by atoms with Crippen molar-refractivity contribution in [2.45, 2.75) is 26.2 Å². The summed E-state index contributed by atoms with van der Waals surface area (Å²) in [5, 5.41) is 7.66. The van der Waals surface area contributed by atoms with E-state index in [1.807, 2.05) is 31.2 Å². The summed E-state index contributed by atoms with van der Waals surface area (Å²) in [7, 11) is 0. The molecule has 0 fully saturated rings. The number of amidine groups is 1. The molecule has 0 saturated carbocycles.